The van der Waals surface area contributed by atoms with Crippen LogP contribution in [0.1, 0.15) is 18.4 Å². The first-order chi connectivity index (χ1) is 8.59. The van der Waals surface area contributed by atoms with E-state index in [0.717, 1.165) is 30.2 Å². The third kappa shape index (κ3) is 2.44. The van der Waals surface area contributed by atoms with E-state index in [2.05, 4.69) is 11.9 Å². The average Bonchev–Trinajstić information content (AvgIpc) is 2.41. The number of piperidine rings is 1. The standard InChI is InChI=1S/C14H21NO3/c1-15-8-6-14(16,7-9-15)12-10-11(17-2)4-5-13(12)18-3/h4-5,10,16H,6-9H2,1-3H3. The number of ether oxygens (including phenoxy) is 2. The fourth-order valence-electron chi connectivity index (χ4n) is 2.44. The summed E-state index contributed by atoms with van der Waals surface area (Å²) in [4.78, 5) is 2.22. The molecule has 0 spiro atoms. The van der Waals surface area contributed by atoms with Crippen LogP contribution < -0.4 is 9.47 Å². The van der Waals surface area contributed by atoms with Crippen LogP contribution >= 0.6 is 0 Å². The molecule has 0 aliphatic carbocycles. The normalized spacial score (nSPS) is 19.6. The molecule has 1 aromatic rings. The summed E-state index contributed by atoms with van der Waals surface area (Å²) < 4.78 is 10.6. The second-order valence-electron chi connectivity index (χ2n) is 4.90. The topological polar surface area (TPSA) is 41.9 Å². The van der Waals surface area contributed by atoms with Gasteiger partial charge in [-0.15, -0.1) is 0 Å². The monoisotopic (exact) mass is 251 g/mol. The van der Waals surface area contributed by atoms with Crippen molar-refractivity contribution < 1.29 is 14.6 Å². The van der Waals surface area contributed by atoms with E-state index in [1.807, 2.05) is 18.2 Å². The molecule has 1 heterocycles. The Labute approximate surface area is 108 Å². The molecular weight excluding hydrogens is 230 g/mol. The summed E-state index contributed by atoms with van der Waals surface area (Å²) >= 11 is 0. The van der Waals surface area contributed by atoms with Gasteiger partial charge in [0.05, 0.1) is 19.8 Å². The van der Waals surface area contributed by atoms with Gasteiger partial charge in [-0.3, -0.25) is 0 Å². The zero-order valence-corrected chi connectivity index (χ0v) is 11.3. The first-order valence-electron chi connectivity index (χ1n) is 6.22. The molecule has 1 aliphatic rings. The number of hydrogen-bond acceptors (Lipinski definition) is 4. The summed E-state index contributed by atoms with van der Waals surface area (Å²) in [6.07, 6.45) is 1.43. The highest BCUT2D eigenvalue weighted by Crippen LogP contribution is 2.39. The van der Waals surface area contributed by atoms with Crippen LogP contribution in [0, 0.1) is 0 Å². The Balaban J connectivity index is 2.35. The molecule has 0 aromatic heterocycles. The Morgan fingerprint density at radius 2 is 1.83 bits per heavy atom. The number of aliphatic hydroxyl groups is 1. The Kier molecular flexibility index (Phi) is 3.78. The first-order valence-corrected chi connectivity index (χ1v) is 6.22. The van der Waals surface area contributed by atoms with Gasteiger partial charge in [-0.25, -0.2) is 0 Å². The first kappa shape index (κ1) is 13.2. The van der Waals surface area contributed by atoms with E-state index in [1.54, 1.807) is 14.2 Å². The van der Waals surface area contributed by atoms with E-state index in [1.165, 1.54) is 0 Å². The van der Waals surface area contributed by atoms with Crippen LogP contribution in [0.5, 0.6) is 11.5 Å². The summed E-state index contributed by atoms with van der Waals surface area (Å²) in [6, 6.07) is 5.58. The van der Waals surface area contributed by atoms with E-state index in [0.29, 0.717) is 12.8 Å². The molecule has 0 saturated carbocycles. The second kappa shape index (κ2) is 5.16. The summed E-state index contributed by atoms with van der Waals surface area (Å²) in [5, 5.41) is 10.8. The van der Waals surface area contributed by atoms with Crippen molar-refractivity contribution in [2.45, 2.75) is 18.4 Å². The predicted octanol–water partition coefficient (Wildman–Crippen LogP) is 1.62. The molecule has 1 aromatic carbocycles. The molecule has 1 N–H and O–H groups in total. The summed E-state index contributed by atoms with van der Waals surface area (Å²) in [5.74, 6) is 1.47. The van der Waals surface area contributed by atoms with Crippen LogP contribution in [0.25, 0.3) is 0 Å². The Hall–Kier alpha value is -1.26. The lowest BCUT2D eigenvalue weighted by Gasteiger charge is -2.37. The predicted molar refractivity (Wildman–Crippen MR) is 70.2 cm³/mol. The van der Waals surface area contributed by atoms with Gasteiger partial charge < -0.3 is 19.5 Å². The smallest absolute Gasteiger partial charge is 0.125 e. The van der Waals surface area contributed by atoms with Gasteiger partial charge >= 0.3 is 0 Å². The minimum Gasteiger partial charge on any atom is -0.497 e. The van der Waals surface area contributed by atoms with Gasteiger partial charge in [-0.1, -0.05) is 0 Å². The van der Waals surface area contributed by atoms with Gasteiger partial charge in [0, 0.05) is 18.7 Å². The van der Waals surface area contributed by atoms with Gasteiger partial charge in [-0.05, 0) is 38.1 Å². The quantitative estimate of drug-likeness (QED) is 0.886. The van der Waals surface area contributed by atoms with Gasteiger partial charge in [0.15, 0.2) is 0 Å². The second-order valence-corrected chi connectivity index (χ2v) is 4.90. The lowest BCUT2D eigenvalue weighted by Crippen LogP contribution is -2.40. The number of hydrogen-bond donors (Lipinski definition) is 1. The van der Waals surface area contributed by atoms with Crippen molar-refractivity contribution in [3.63, 3.8) is 0 Å². The number of rotatable bonds is 3. The minimum atomic E-state index is -0.813. The van der Waals surface area contributed by atoms with E-state index in [-0.39, 0.29) is 0 Å². The molecule has 0 radical (unpaired) electrons. The average molecular weight is 251 g/mol. The number of likely N-dealkylation sites (tertiary alicyclic amines) is 1. The Bertz CT molecular complexity index is 412. The molecule has 4 nitrogen and oxygen atoms in total. The van der Waals surface area contributed by atoms with Crippen molar-refractivity contribution in [1.82, 2.24) is 4.90 Å². The highest BCUT2D eigenvalue weighted by Gasteiger charge is 2.35. The fourth-order valence-corrected chi connectivity index (χ4v) is 2.44. The van der Waals surface area contributed by atoms with Crippen LogP contribution in [0.15, 0.2) is 18.2 Å². The molecule has 2 rings (SSSR count). The van der Waals surface area contributed by atoms with Crippen LogP contribution in [0.2, 0.25) is 0 Å². The van der Waals surface area contributed by atoms with Gasteiger partial charge in [0.2, 0.25) is 0 Å². The number of methoxy groups -OCH3 is 2. The lowest BCUT2D eigenvalue weighted by atomic mass is 9.84. The zero-order valence-electron chi connectivity index (χ0n) is 11.3. The van der Waals surface area contributed by atoms with Crippen LogP contribution in [0.3, 0.4) is 0 Å². The zero-order chi connectivity index (χ0) is 13.2. The van der Waals surface area contributed by atoms with Gasteiger partial charge in [0.25, 0.3) is 0 Å². The molecule has 1 saturated heterocycles. The Morgan fingerprint density at radius 3 is 2.39 bits per heavy atom. The van der Waals surface area contributed by atoms with Crippen molar-refractivity contribution in [3.8, 4) is 11.5 Å². The lowest BCUT2D eigenvalue weighted by molar-refractivity contribution is -0.0220. The molecule has 0 amide bonds. The molecule has 0 unspecified atom stereocenters. The molecule has 1 aliphatic heterocycles. The van der Waals surface area contributed by atoms with Crippen LogP contribution in [-0.4, -0.2) is 44.4 Å². The van der Waals surface area contributed by atoms with Crippen molar-refractivity contribution in [2.75, 3.05) is 34.4 Å². The van der Waals surface area contributed by atoms with Crippen molar-refractivity contribution in [2.24, 2.45) is 0 Å². The highest BCUT2D eigenvalue weighted by molar-refractivity contribution is 5.44. The number of benzene rings is 1. The molecule has 18 heavy (non-hydrogen) atoms. The molecular formula is C14H21NO3. The summed E-state index contributed by atoms with van der Waals surface area (Å²) in [6.45, 7) is 1.77. The van der Waals surface area contributed by atoms with E-state index in [9.17, 15) is 5.11 Å². The van der Waals surface area contributed by atoms with Crippen molar-refractivity contribution >= 4 is 0 Å². The van der Waals surface area contributed by atoms with Crippen LogP contribution in [0.4, 0.5) is 0 Å². The van der Waals surface area contributed by atoms with Crippen LogP contribution in [-0.2, 0) is 5.60 Å². The van der Waals surface area contributed by atoms with Crippen molar-refractivity contribution in [3.05, 3.63) is 23.8 Å². The molecule has 0 bridgehead atoms. The highest BCUT2D eigenvalue weighted by atomic mass is 16.5. The van der Waals surface area contributed by atoms with E-state index >= 15 is 0 Å². The molecule has 1 fully saturated rings. The van der Waals surface area contributed by atoms with E-state index in [4.69, 9.17) is 9.47 Å². The molecule has 0 atom stereocenters. The maximum Gasteiger partial charge on any atom is 0.125 e. The minimum absolute atomic E-state index is 0.715. The largest absolute Gasteiger partial charge is 0.497 e. The summed E-state index contributed by atoms with van der Waals surface area (Å²) in [5.41, 5.74) is 0.0179. The van der Waals surface area contributed by atoms with Gasteiger partial charge in [0.1, 0.15) is 11.5 Å². The maximum atomic E-state index is 10.8. The molecule has 4 heteroatoms. The number of nitrogens with zero attached hydrogens (tertiary/aromatic N) is 1. The van der Waals surface area contributed by atoms with E-state index < -0.39 is 5.60 Å². The van der Waals surface area contributed by atoms with Gasteiger partial charge in [-0.2, -0.15) is 0 Å². The maximum absolute atomic E-state index is 10.8. The SMILES string of the molecule is COc1ccc(OC)c(C2(O)CCN(C)CC2)c1. The third-order valence-corrected chi connectivity index (χ3v) is 3.72. The molecule has 100 valence electrons. The van der Waals surface area contributed by atoms with Crippen molar-refractivity contribution in [1.29, 1.82) is 0 Å². The Morgan fingerprint density at radius 1 is 1.17 bits per heavy atom. The summed E-state index contributed by atoms with van der Waals surface area (Å²) in [7, 11) is 5.33. The third-order valence-electron chi connectivity index (χ3n) is 3.72. The fraction of sp³-hybridized carbons (Fsp3) is 0.571.